The molecule has 0 bridgehead atoms. The molecule has 5 heteroatoms. The molecule has 0 spiro atoms. The zero-order valence-electron chi connectivity index (χ0n) is 7.24. The van der Waals surface area contributed by atoms with Crippen LogP contribution in [0.25, 0.3) is 0 Å². The molecule has 0 amide bonds. The molecule has 0 aliphatic carbocycles. The van der Waals surface area contributed by atoms with Gasteiger partial charge >= 0.3 is 0 Å². The Morgan fingerprint density at radius 1 is 1.64 bits per heavy atom. The molecule has 1 aliphatic rings. The second kappa shape index (κ2) is 3.82. The summed E-state index contributed by atoms with van der Waals surface area (Å²) < 4.78 is 10.4. The summed E-state index contributed by atoms with van der Waals surface area (Å²) in [5, 5.41) is 8.90. The van der Waals surface area contributed by atoms with E-state index in [0.717, 1.165) is 0 Å². The van der Waals surface area contributed by atoms with Crippen molar-refractivity contribution in [1.82, 2.24) is 4.98 Å². The first kappa shape index (κ1) is 9.25. The predicted molar refractivity (Wildman–Crippen MR) is 49.2 cm³/mol. The lowest BCUT2D eigenvalue weighted by Crippen LogP contribution is -2.38. The van der Waals surface area contributed by atoms with Gasteiger partial charge < -0.3 is 9.47 Å². The lowest BCUT2D eigenvalue weighted by Gasteiger charge is -2.26. The summed E-state index contributed by atoms with van der Waals surface area (Å²) in [5.74, 6) is 0.572. The number of rotatable bonds is 2. The van der Waals surface area contributed by atoms with Crippen molar-refractivity contribution in [3.63, 3.8) is 0 Å². The van der Waals surface area contributed by atoms with Crippen LogP contribution in [0.4, 0.5) is 0 Å². The minimum absolute atomic E-state index is 0.0841. The van der Waals surface area contributed by atoms with Gasteiger partial charge in [-0.25, -0.2) is 4.98 Å². The number of pyridine rings is 1. The van der Waals surface area contributed by atoms with Crippen LogP contribution < -0.4 is 4.74 Å². The predicted octanol–water partition coefficient (Wildman–Crippen LogP) is 1.38. The Kier molecular flexibility index (Phi) is 2.53. The van der Waals surface area contributed by atoms with Crippen LogP contribution >= 0.6 is 11.6 Å². The normalized spacial score (nSPS) is 15.7. The topological polar surface area (TPSA) is 55.1 Å². The molecule has 0 saturated carbocycles. The monoisotopic (exact) mass is 210 g/mol. The number of hydrogen-bond acceptors (Lipinski definition) is 4. The molecule has 1 aliphatic heterocycles. The molecule has 1 aromatic heterocycles. The van der Waals surface area contributed by atoms with Gasteiger partial charge in [-0.15, -0.1) is 0 Å². The van der Waals surface area contributed by atoms with Crippen LogP contribution in [0.1, 0.15) is 5.69 Å². The van der Waals surface area contributed by atoms with E-state index in [0.29, 0.717) is 24.0 Å². The minimum Gasteiger partial charge on any atom is -0.484 e. The van der Waals surface area contributed by atoms with Crippen LogP contribution in [0.2, 0.25) is 5.02 Å². The highest BCUT2D eigenvalue weighted by Gasteiger charge is 2.20. The summed E-state index contributed by atoms with van der Waals surface area (Å²) in [5.41, 5.74) is 0.212. The maximum absolute atomic E-state index is 8.59. The number of nitrogens with zero attached hydrogens (tertiary/aromatic N) is 2. The van der Waals surface area contributed by atoms with Crippen LogP contribution in [-0.2, 0) is 4.74 Å². The van der Waals surface area contributed by atoms with Crippen molar-refractivity contribution in [2.75, 3.05) is 13.2 Å². The van der Waals surface area contributed by atoms with Crippen molar-refractivity contribution >= 4 is 11.6 Å². The SMILES string of the molecule is N#Cc1ncc(OC2COC2)cc1Cl. The van der Waals surface area contributed by atoms with E-state index >= 15 is 0 Å². The highest BCUT2D eigenvalue weighted by atomic mass is 35.5. The summed E-state index contributed by atoms with van der Waals surface area (Å²) in [4.78, 5) is 3.85. The zero-order valence-corrected chi connectivity index (χ0v) is 7.99. The van der Waals surface area contributed by atoms with E-state index in [9.17, 15) is 0 Å². The molecule has 1 fully saturated rings. The molecule has 1 saturated heterocycles. The van der Waals surface area contributed by atoms with Crippen molar-refractivity contribution in [3.05, 3.63) is 23.0 Å². The first-order valence-corrected chi connectivity index (χ1v) is 4.47. The quantitative estimate of drug-likeness (QED) is 0.740. The lowest BCUT2D eigenvalue weighted by atomic mass is 10.3. The Balaban J connectivity index is 2.12. The highest BCUT2D eigenvalue weighted by molar-refractivity contribution is 6.31. The van der Waals surface area contributed by atoms with E-state index in [1.165, 1.54) is 6.20 Å². The first-order valence-electron chi connectivity index (χ1n) is 4.09. The largest absolute Gasteiger partial charge is 0.484 e. The van der Waals surface area contributed by atoms with Gasteiger partial charge in [0.1, 0.15) is 17.9 Å². The van der Waals surface area contributed by atoms with Gasteiger partial charge in [0.2, 0.25) is 0 Å². The minimum atomic E-state index is 0.0841. The first-order chi connectivity index (χ1) is 6.79. The average Bonchev–Trinajstić information content (AvgIpc) is 2.12. The Morgan fingerprint density at radius 2 is 2.43 bits per heavy atom. The fourth-order valence-electron chi connectivity index (χ4n) is 1.04. The standard InChI is InChI=1S/C9H7ClN2O2/c10-8-1-6(3-12-9(8)2-11)14-7-4-13-5-7/h1,3,7H,4-5H2. The van der Waals surface area contributed by atoms with Crippen LogP contribution in [-0.4, -0.2) is 24.3 Å². The van der Waals surface area contributed by atoms with Gasteiger partial charge in [0.05, 0.1) is 24.4 Å². The molecule has 72 valence electrons. The number of nitriles is 1. The van der Waals surface area contributed by atoms with Gasteiger partial charge in [0.25, 0.3) is 0 Å². The van der Waals surface area contributed by atoms with Gasteiger partial charge in [0.15, 0.2) is 5.69 Å². The van der Waals surface area contributed by atoms with Crippen LogP contribution in [0.15, 0.2) is 12.3 Å². The molecule has 14 heavy (non-hydrogen) atoms. The Bertz CT molecular complexity index is 385. The van der Waals surface area contributed by atoms with Gasteiger partial charge in [0, 0.05) is 6.07 Å². The molecule has 0 radical (unpaired) electrons. The summed E-state index contributed by atoms with van der Waals surface area (Å²) in [6, 6.07) is 3.47. The van der Waals surface area contributed by atoms with Gasteiger partial charge in [-0.05, 0) is 0 Å². The number of halogens is 1. The summed E-state index contributed by atoms with van der Waals surface area (Å²) >= 11 is 5.78. The Hall–Kier alpha value is -1.31. The van der Waals surface area contributed by atoms with Crippen LogP contribution in [0, 0.1) is 11.3 Å². The number of ether oxygens (including phenoxy) is 2. The molecular weight excluding hydrogens is 204 g/mol. The molecule has 2 rings (SSSR count). The van der Waals surface area contributed by atoms with E-state index in [1.807, 2.05) is 6.07 Å². The van der Waals surface area contributed by atoms with Crippen molar-refractivity contribution in [2.45, 2.75) is 6.10 Å². The summed E-state index contributed by atoms with van der Waals surface area (Å²) in [6.07, 6.45) is 1.57. The zero-order chi connectivity index (χ0) is 9.97. The van der Waals surface area contributed by atoms with Gasteiger partial charge in [-0.1, -0.05) is 11.6 Å². The van der Waals surface area contributed by atoms with E-state index in [1.54, 1.807) is 6.07 Å². The van der Waals surface area contributed by atoms with Gasteiger partial charge in [-0.2, -0.15) is 5.26 Å². The molecule has 0 atom stereocenters. The van der Waals surface area contributed by atoms with E-state index in [-0.39, 0.29) is 11.8 Å². The fraction of sp³-hybridized carbons (Fsp3) is 0.333. The van der Waals surface area contributed by atoms with Crippen molar-refractivity contribution in [1.29, 1.82) is 5.26 Å². The summed E-state index contributed by atoms with van der Waals surface area (Å²) in [7, 11) is 0. The second-order valence-electron chi connectivity index (χ2n) is 2.89. The third-order valence-electron chi connectivity index (χ3n) is 1.83. The molecular formula is C9H7ClN2O2. The van der Waals surface area contributed by atoms with E-state index < -0.39 is 0 Å². The maximum atomic E-state index is 8.59. The number of hydrogen-bond donors (Lipinski definition) is 0. The lowest BCUT2D eigenvalue weighted by molar-refractivity contribution is -0.0798. The highest BCUT2D eigenvalue weighted by Crippen LogP contribution is 2.21. The maximum Gasteiger partial charge on any atom is 0.159 e. The summed E-state index contributed by atoms with van der Waals surface area (Å²) in [6.45, 7) is 1.19. The average molecular weight is 211 g/mol. The van der Waals surface area contributed by atoms with Gasteiger partial charge in [-0.3, -0.25) is 0 Å². The third-order valence-corrected chi connectivity index (χ3v) is 2.12. The molecule has 0 aromatic carbocycles. The van der Waals surface area contributed by atoms with E-state index in [4.69, 9.17) is 26.3 Å². The molecule has 1 aromatic rings. The fourth-order valence-corrected chi connectivity index (χ4v) is 1.24. The molecule has 0 unspecified atom stereocenters. The van der Waals surface area contributed by atoms with Crippen LogP contribution in [0.5, 0.6) is 5.75 Å². The molecule has 4 nitrogen and oxygen atoms in total. The van der Waals surface area contributed by atoms with Crippen molar-refractivity contribution in [3.8, 4) is 11.8 Å². The van der Waals surface area contributed by atoms with Crippen molar-refractivity contribution < 1.29 is 9.47 Å². The molecule has 2 heterocycles. The Labute approximate surface area is 86.0 Å². The smallest absolute Gasteiger partial charge is 0.159 e. The molecule has 0 N–H and O–H groups in total. The Morgan fingerprint density at radius 3 is 2.93 bits per heavy atom. The van der Waals surface area contributed by atoms with Crippen LogP contribution in [0.3, 0.4) is 0 Å². The van der Waals surface area contributed by atoms with Crippen molar-refractivity contribution in [2.24, 2.45) is 0 Å². The van der Waals surface area contributed by atoms with E-state index in [2.05, 4.69) is 4.98 Å². The number of aromatic nitrogens is 1. The second-order valence-corrected chi connectivity index (χ2v) is 3.30. The third kappa shape index (κ3) is 1.79.